The van der Waals surface area contributed by atoms with Crippen molar-refractivity contribution in [1.82, 2.24) is 15.0 Å². The first-order valence-electron chi connectivity index (χ1n) is 5.16. The van der Waals surface area contributed by atoms with Gasteiger partial charge in [0, 0.05) is 11.5 Å². The lowest BCUT2D eigenvalue weighted by Crippen LogP contribution is -2.14. The number of hydrogen-bond donors (Lipinski definition) is 1. The Bertz CT molecular complexity index is 699. The third-order valence-electron chi connectivity index (χ3n) is 2.24. The van der Waals surface area contributed by atoms with Crippen LogP contribution in [0.25, 0.3) is 0 Å². The van der Waals surface area contributed by atoms with Gasteiger partial charge in [0.2, 0.25) is 10.0 Å². The number of nitrogens with two attached hydrogens (primary N) is 1. The van der Waals surface area contributed by atoms with Crippen LogP contribution in [0.5, 0.6) is 5.75 Å². The van der Waals surface area contributed by atoms with Gasteiger partial charge in [-0.1, -0.05) is 21.1 Å². The van der Waals surface area contributed by atoms with Crippen LogP contribution in [0.1, 0.15) is 5.69 Å². The van der Waals surface area contributed by atoms with Crippen LogP contribution in [0.4, 0.5) is 0 Å². The van der Waals surface area contributed by atoms with Gasteiger partial charge in [0.05, 0.1) is 6.20 Å². The quantitative estimate of drug-likeness (QED) is 0.882. The van der Waals surface area contributed by atoms with Gasteiger partial charge in [-0.3, -0.25) is 4.68 Å². The molecule has 2 N–H and O–H groups in total. The van der Waals surface area contributed by atoms with E-state index in [0.717, 1.165) is 0 Å². The first-order chi connectivity index (χ1) is 8.86. The fourth-order valence-electron chi connectivity index (χ4n) is 1.44. The number of benzene rings is 1. The first-order valence-corrected chi connectivity index (χ1v) is 7.50. The van der Waals surface area contributed by atoms with E-state index in [9.17, 15) is 8.42 Å². The minimum absolute atomic E-state index is 0.0780. The molecule has 0 atom stereocenters. The lowest BCUT2D eigenvalue weighted by molar-refractivity contribution is 0.293. The summed E-state index contributed by atoms with van der Waals surface area (Å²) in [7, 11) is -2.12. The van der Waals surface area contributed by atoms with E-state index in [1.807, 2.05) is 0 Å². The maximum absolute atomic E-state index is 11.5. The van der Waals surface area contributed by atoms with Gasteiger partial charge < -0.3 is 4.74 Å². The molecule has 0 aliphatic heterocycles. The van der Waals surface area contributed by atoms with Crippen LogP contribution in [0, 0.1) is 0 Å². The van der Waals surface area contributed by atoms with Gasteiger partial charge in [0.25, 0.3) is 0 Å². The van der Waals surface area contributed by atoms with E-state index in [-0.39, 0.29) is 17.3 Å². The molecular formula is C10H11BrN4O3S. The van der Waals surface area contributed by atoms with Gasteiger partial charge in [-0.05, 0) is 18.2 Å². The van der Waals surface area contributed by atoms with Gasteiger partial charge in [-0.25, -0.2) is 13.6 Å². The van der Waals surface area contributed by atoms with Crippen molar-refractivity contribution in [3.8, 4) is 5.75 Å². The van der Waals surface area contributed by atoms with Gasteiger partial charge in [0.1, 0.15) is 22.9 Å². The fraction of sp³-hybridized carbons (Fsp3) is 0.200. The third kappa shape index (κ3) is 3.52. The van der Waals surface area contributed by atoms with E-state index in [1.165, 1.54) is 16.8 Å². The smallest absolute Gasteiger partial charge is 0.241 e. The van der Waals surface area contributed by atoms with Crippen molar-refractivity contribution in [2.45, 2.75) is 11.5 Å². The topological polar surface area (TPSA) is 100 Å². The Hall–Kier alpha value is -1.45. The zero-order valence-corrected chi connectivity index (χ0v) is 12.3. The second-order valence-corrected chi connectivity index (χ2v) is 6.25. The second-order valence-electron chi connectivity index (χ2n) is 3.81. The number of hydrogen-bond acceptors (Lipinski definition) is 5. The summed E-state index contributed by atoms with van der Waals surface area (Å²) in [6.45, 7) is 0.109. The molecule has 0 aliphatic carbocycles. The minimum atomic E-state index is -3.85. The van der Waals surface area contributed by atoms with Gasteiger partial charge >= 0.3 is 0 Å². The van der Waals surface area contributed by atoms with Crippen molar-refractivity contribution >= 4 is 26.0 Å². The zero-order chi connectivity index (χ0) is 14.0. The largest absolute Gasteiger partial charge is 0.486 e. The highest BCUT2D eigenvalue weighted by Crippen LogP contribution is 2.27. The number of aromatic nitrogens is 3. The normalized spacial score (nSPS) is 11.5. The molecule has 1 aromatic heterocycles. The minimum Gasteiger partial charge on any atom is -0.486 e. The third-order valence-corrected chi connectivity index (χ3v) is 3.66. The molecule has 0 amide bonds. The molecule has 0 unspecified atom stereocenters. The van der Waals surface area contributed by atoms with E-state index in [0.29, 0.717) is 10.2 Å². The van der Waals surface area contributed by atoms with Gasteiger partial charge in [-0.15, -0.1) is 5.10 Å². The van der Waals surface area contributed by atoms with Crippen LogP contribution in [-0.4, -0.2) is 23.4 Å². The van der Waals surface area contributed by atoms with Crippen LogP contribution in [0.2, 0.25) is 0 Å². The number of rotatable bonds is 4. The summed E-state index contributed by atoms with van der Waals surface area (Å²) < 4.78 is 30.5. The Kier molecular flexibility index (Phi) is 3.88. The van der Waals surface area contributed by atoms with Crippen molar-refractivity contribution in [2.75, 3.05) is 0 Å². The monoisotopic (exact) mass is 346 g/mol. The van der Waals surface area contributed by atoms with Gasteiger partial charge in [-0.2, -0.15) is 0 Å². The van der Waals surface area contributed by atoms with Gasteiger partial charge in [0.15, 0.2) is 0 Å². The van der Waals surface area contributed by atoms with E-state index in [2.05, 4.69) is 26.2 Å². The van der Waals surface area contributed by atoms with Crippen molar-refractivity contribution < 1.29 is 13.2 Å². The highest BCUT2D eigenvalue weighted by molar-refractivity contribution is 9.10. The molecule has 9 heteroatoms. The van der Waals surface area contributed by atoms with Crippen molar-refractivity contribution in [3.63, 3.8) is 0 Å². The van der Waals surface area contributed by atoms with Crippen LogP contribution in [0.3, 0.4) is 0 Å². The summed E-state index contributed by atoms with van der Waals surface area (Å²) >= 11 is 3.19. The molecule has 1 aromatic carbocycles. The lowest BCUT2D eigenvalue weighted by atomic mass is 10.3. The maximum atomic E-state index is 11.5. The first kappa shape index (κ1) is 14.0. The van der Waals surface area contributed by atoms with Crippen LogP contribution < -0.4 is 9.88 Å². The number of halogens is 1. The van der Waals surface area contributed by atoms with E-state index in [1.54, 1.807) is 19.3 Å². The molecule has 0 bridgehead atoms. The second kappa shape index (κ2) is 5.27. The molecule has 7 nitrogen and oxygen atoms in total. The van der Waals surface area contributed by atoms with Crippen LogP contribution in [-0.2, 0) is 23.7 Å². The summed E-state index contributed by atoms with van der Waals surface area (Å²) in [5.74, 6) is 0.177. The Balaban J connectivity index is 2.25. The summed E-state index contributed by atoms with van der Waals surface area (Å²) in [6.07, 6.45) is 1.68. The summed E-state index contributed by atoms with van der Waals surface area (Å²) in [5, 5.41) is 12.7. The number of ether oxygens (including phenoxy) is 1. The molecule has 0 aliphatic rings. The average molecular weight is 347 g/mol. The molecule has 0 spiro atoms. The molecule has 2 rings (SSSR count). The Labute approximate surface area is 118 Å². The predicted octanol–water partition coefficient (Wildman–Crippen LogP) is 0.804. The Morgan fingerprint density at radius 2 is 2.21 bits per heavy atom. The molecule has 0 radical (unpaired) electrons. The number of primary sulfonamides is 1. The molecule has 1 heterocycles. The summed E-state index contributed by atoms with van der Waals surface area (Å²) in [6, 6.07) is 4.59. The highest BCUT2D eigenvalue weighted by atomic mass is 79.9. The van der Waals surface area contributed by atoms with Crippen molar-refractivity contribution in [3.05, 3.63) is 34.6 Å². The average Bonchev–Trinajstić information content (AvgIpc) is 2.72. The number of sulfonamides is 1. The number of aryl methyl sites for hydroxylation is 1. The molecule has 0 saturated carbocycles. The van der Waals surface area contributed by atoms with E-state index >= 15 is 0 Å². The zero-order valence-electron chi connectivity index (χ0n) is 9.95. The fourth-order valence-corrected chi connectivity index (χ4v) is 2.65. The molecule has 0 saturated heterocycles. The van der Waals surface area contributed by atoms with E-state index < -0.39 is 10.0 Å². The summed E-state index contributed by atoms with van der Waals surface area (Å²) in [5.41, 5.74) is 0.589. The maximum Gasteiger partial charge on any atom is 0.241 e. The molecule has 0 fully saturated rings. The van der Waals surface area contributed by atoms with Crippen LogP contribution in [0.15, 0.2) is 33.8 Å². The van der Waals surface area contributed by atoms with Crippen molar-refractivity contribution in [2.24, 2.45) is 12.2 Å². The van der Waals surface area contributed by atoms with Crippen LogP contribution >= 0.6 is 15.9 Å². The molecule has 19 heavy (non-hydrogen) atoms. The highest BCUT2D eigenvalue weighted by Gasteiger charge is 2.16. The molecular weight excluding hydrogens is 336 g/mol. The number of nitrogens with zero attached hydrogens (tertiary/aromatic N) is 3. The Morgan fingerprint density at radius 3 is 2.79 bits per heavy atom. The standard InChI is InChI=1S/C10H11BrN4O3S/c1-15-5-8(13-14-15)6-18-9-3-2-7(11)4-10(9)19(12,16)17/h2-5H,6H2,1H3,(H2,12,16,17). The Morgan fingerprint density at radius 1 is 1.47 bits per heavy atom. The predicted molar refractivity (Wildman–Crippen MR) is 70.9 cm³/mol. The van der Waals surface area contributed by atoms with Crippen molar-refractivity contribution in [1.29, 1.82) is 0 Å². The van der Waals surface area contributed by atoms with E-state index in [4.69, 9.17) is 9.88 Å². The molecule has 102 valence electrons. The lowest BCUT2D eigenvalue weighted by Gasteiger charge is -2.09. The SMILES string of the molecule is Cn1cc(COc2ccc(Br)cc2S(N)(=O)=O)nn1. The molecule has 2 aromatic rings. The summed E-state index contributed by atoms with van der Waals surface area (Å²) in [4.78, 5) is -0.0780.